The third-order valence-electron chi connectivity index (χ3n) is 3.83. The van der Waals surface area contributed by atoms with E-state index in [1.165, 1.54) is 0 Å². The van der Waals surface area contributed by atoms with E-state index in [1.54, 1.807) is 58.6 Å². The highest BCUT2D eigenvalue weighted by Gasteiger charge is 2.56. The molecule has 0 radical (unpaired) electrons. The van der Waals surface area contributed by atoms with E-state index in [2.05, 4.69) is 22.1 Å². The van der Waals surface area contributed by atoms with Gasteiger partial charge < -0.3 is 0 Å². The third-order valence-corrected chi connectivity index (χ3v) is 8.51. The number of Topliss-reactive ketones (excluding diaryl/α,β-unsaturated/α-hetero) is 1. The number of thiazole rings is 2. The first-order valence-corrected chi connectivity index (χ1v) is 10.3. The van der Waals surface area contributed by atoms with Crippen LogP contribution in [0, 0.1) is 0 Å². The Morgan fingerprint density at radius 3 is 1.73 bits per heavy atom. The largest absolute Gasteiger partial charge is 0.296 e. The average molecular weight is 365 g/mol. The summed E-state index contributed by atoms with van der Waals surface area (Å²) in [6.07, 6.45) is 9.13. The number of hydrogen-bond acceptors (Lipinski definition) is 7. The van der Waals surface area contributed by atoms with Gasteiger partial charge in [-0.3, -0.25) is 4.79 Å². The molecule has 0 spiro atoms. The summed E-state index contributed by atoms with van der Waals surface area (Å²) < 4.78 is -1.20. The molecule has 0 fully saturated rings. The monoisotopic (exact) mass is 364 g/mol. The smallest absolute Gasteiger partial charge is 0.179 e. The highest BCUT2D eigenvalue weighted by Crippen LogP contribution is 2.57. The molecule has 0 saturated heterocycles. The molecule has 2 aliphatic heterocycles. The summed E-state index contributed by atoms with van der Waals surface area (Å²) in [6.45, 7) is 0. The van der Waals surface area contributed by atoms with E-state index in [9.17, 15) is 4.79 Å². The SMILES string of the molecule is O=C(C1(c2nccs2)CC=CS1)C1(c2nccs2)CC=CS1. The minimum absolute atomic E-state index is 0.218. The van der Waals surface area contributed by atoms with Crippen LogP contribution < -0.4 is 0 Å². The van der Waals surface area contributed by atoms with Crippen LogP contribution in [0.5, 0.6) is 0 Å². The van der Waals surface area contributed by atoms with E-state index < -0.39 is 9.49 Å². The fourth-order valence-electron chi connectivity index (χ4n) is 2.79. The zero-order chi connectivity index (χ0) is 15.0. The number of carbonyl (C=O) groups excluding carboxylic acids is 1. The predicted molar refractivity (Wildman–Crippen MR) is 95.3 cm³/mol. The Balaban J connectivity index is 1.81. The Hall–Kier alpha value is -0.890. The molecule has 2 aliphatic rings. The standard InChI is InChI=1S/C15H12N2OS4/c18-11(14(3-1-7-21-14)12-16-5-9-19-12)15(4-2-8-22-15)13-17-6-10-20-13/h1-2,5-10H,3-4H2. The van der Waals surface area contributed by atoms with Gasteiger partial charge >= 0.3 is 0 Å². The van der Waals surface area contributed by atoms with Gasteiger partial charge in [0.15, 0.2) is 5.78 Å². The molecule has 0 aliphatic carbocycles. The molecule has 0 bridgehead atoms. The zero-order valence-corrected chi connectivity index (χ0v) is 14.7. The molecule has 0 saturated carbocycles. The maximum atomic E-state index is 13.7. The van der Waals surface area contributed by atoms with Gasteiger partial charge in [0.25, 0.3) is 0 Å². The lowest BCUT2D eigenvalue weighted by atomic mass is 9.87. The van der Waals surface area contributed by atoms with Crippen molar-refractivity contribution >= 4 is 52.0 Å². The fraction of sp³-hybridized carbons (Fsp3) is 0.267. The van der Waals surface area contributed by atoms with Gasteiger partial charge in [0, 0.05) is 23.2 Å². The van der Waals surface area contributed by atoms with Gasteiger partial charge in [-0.15, -0.1) is 46.2 Å². The van der Waals surface area contributed by atoms with E-state index in [0.717, 1.165) is 10.0 Å². The first-order chi connectivity index (χ1) is 10.8. The topological polar surface area (TPSA) is 42.9 Å². The third kappa shape index (κ3) is 2.06. The van der Waals surface area contributed by atoms with E-state index >= 15 is 0 Å². The highest BCUT2D eigenvalue weighted by atomic mass is 32.2. The van der Waals surface area contributed by atoms with Crippen LogP contribution in [0.1, 0.15) is 22.9 Å². The van der Waals surface area contributed by atoms with E-state index in [4.69, 9.17) is 0 Å². The molecule has 2 aromatic heterocycles. The first kappa shape index (κ1) is 14.7. The normalized spacial score (nSPS) is 30.2. The van der Waals surface area contributed by atoms with Crippen molar-refractivity contribution < 1.29 is 4.79 Å². The maximum Gasteiger partial charge on any atom is 0.179 e. The molecule has 2 aromatic rings. The lowest BCUT2D eigenvalue weighted by Gasteiger charge is -2.34. The van der Waals surface area contributed by atoms with Gasteiger partial charge in [0.05, 0.1) is 0 Å². The van der Waals surface area contributed by atoms with Crippen molar-refractivity contribution in [2.45, 2.75) is 22.3 Å². The number of ketones is 1. The minimum Gasteiger partial charge on any atom is -0.296 e. The van der Waals surface area contributed by atoms with Gasteiger partial charge in [-0.2, -0.15) is 0 Å². The Morgan fingerprint density at radius 1 is 0.909 bits per heavy atom. The van der Waals surface area contributed by atoms with Gasteiger partial charge in [0.1, 0.15) is 19.5 Å². The molecule has 2 unspecified atom stereocenters. The van der Waals surface area contributed by atoms with Crippen molar-refractivity contribution in [3.8, 4) is 0 Å². The lowest BCUT2D eigenvalue weighted by Crippen LogP contribution is -2.43. The Bertz CT molecular complexity index is 655. The van der Waals surface area contributed by atoms with Crippen molar-refractivity contribution in [1.82, 2.24) is 9.97 Å². The lowest BCUT2D eigenvalue weighted by molar-refractivity contribution is -0.124. The molecule has 4 rings (SSSR count). The van der Waals surface area contributed by atoms with Crippen LogP contribution in [0.3, 0.4) is 0 Å². The number of allylic oxidation sites excluding steroid dienone is 2. The summed E-state index contributed by atoms with van der Waals surface area (Å²) in [5, 5.41) is 9.74. The quantitative estimate of drug-likeness (QED) is 0.795. The second-order valence-electron chi connectivity index (χ2n) is 5.05. The number of aromatic nitrogens is 2. The fourth-order valence-corrected chi connectivity index (χ4v) is 7.01. The molecular formula is C15H12N2OS4. The maximum absolute atomic E-state index is 13.7. The molecular weight excluding hydrogens is 352 g/mol. The van der Waals surface area contributed by atoms with Crippen LogP contribution in [0.25, 0.3) is 0 Å². The molecule has 4 heterocycles. The number of nitrogens with zero attached hydrogens (tertiary/aromatic N) is 2. The summed E-state index contributed by atoms with van der Waals surface area (Å²) in [6, 6.07) is 0. The minimum atomic E-state index is -0.598. The van der Waals surface area contributed by atoms with Crippen molar-refractivity contribution in [1.29, 1.82) is 0 Å². The summed E-state index contributed by atoms with van der Waals surface area (Å²) in [5.41, 5.74) is 0. The van der Waals surface area contributed by atoms with Gasteiger partial charge in [-0.1, -0.05) is 12.2 Å². The number of hydrogen-bond donors (Lipinski definition) is 0. The van der Waals surface area contributed by atoms with Crippen molar-refractivity contribution in [2.75, 3.05) is 0 Å². The Kier molecular flexibility index (Phi) is 3.76. The second kappa shape index (κ2) is 5.63. The van der Waals surface area contributed by atoms with Crippen LogP contribution in [0.15, 0.2) is 46.1 Å². The molecule has 0 N–H and O–H groups in total. The van der Waals surface area contributed by atoms with Crippen LogP contribution in [-0.2, 0) is 14.3 Å². The first-order valence-electron chi connectivity index (χ1n) is 6.78. The molecule has 112 valence electrons. The molecule has 3 nitrogen and oxygen atoms in total. The predicted octanol–water partition coefficient (Wildman–Crippen LogP) is 4.56. The highest BCUT2D eigenvalue weighted by molar-refractivity contribution is 8.05. The van der Waals surface area contributed by atoms with Crippen molar-refractivity contribution in [2.24, 2.45) is 0 Å². The summed E-state index contributed by atoms with van der Waals surface area (Å²) in [4.78, 5) is 22.6. The van der Waals surface area contributed by atoms with Crippen LogP contribution in [0.4, 0.5) is 0 Å². The van der Waals surface area contributed by atoms with Crippen LogP contribution >= 0.6 is 46.2 Å². The van der Waals surface area contributed by atoms with Gasteiger partial charge in [-0.25, -0.2) is 9.97 Å². The second-order valence-corrected chi connectivity index (χ2v) is 9.24. The molecule has 2 atom stereocenters. The summed E-state index contributed by atoms with van der Waals surface area (Å²) in [7, 11) is 0. The van der Waals surface area contributed by atoms with Crippen molar-refractivity contribution in [3.05, 3.63) is 56.1 Å². The van der Waals surface area contributed by atoms with Crippen LogP contribution in [-0.4, -0.2) is 15.8 Å². The number of carbonyl (C=O) groups is 1. The molecule has 22 heavy (non-hydrogen) atoms. The van der Waals surface area contributed by atoms with Gasteiger partial charge in [0.2, 0.25) is 0 Å². The van der Waals surface area contributed by atoms with Crippen LogP contribution in [0.2, 0.25) is 0 Å². The average Bonchev–Trinajstić information content (AvgIpc) is 3.36. The molecule has 0 aromatic carbocycles. The van der Waals surface area contributed by atoms with Gasteiger partial charge in [-0.05, 0) is 23.7 Å². The summed E-state index contributed by atoms with van der Waals surface area (Å²) >= 11 is 6.31. The molecule has 0 amide bonds. The number of rotatable bonds is 4. The Morgan fingerprint density at radius 2 is 1.41 bits per heavy atom. The summed E-state index contributed by atoms with van der Waals surface area (Å²) in [5.74, 6) is 0.218. The van der Waals surface area contributed by atoms with E-state index in [0.29, 0.717) is 12.8 Å². The Labute approximate surface area is 145 Å². The molecule has 7 heteroatoms. The number of thioether (sulfide) groups is 2. The van der Waals surface area contributed by atoms with E-state index in [1.807, 2.05) is 21.6 Å². The van der Waals surface area contributed by atoms with Crippen molar-refractivity contribution in [3.63, 3.8) is 0 Å². The van der Waals surface area contributed by atoms with E-state index in [-0.39, 0.29) is 5.78 Å². The zero-order valence-electron chi connectivity index (χ0n) is 11.5.